The van der Waals surface area contributed by atoms with Crippen LogP contribution in [0, 0.1) is 0 Å². The van der Waals surface area contributed by atoms with E-state index < -0.39 is 22.0 Å². The first-order valence-corrected chi connectivity index (χ1v) is 14.4. The number of sulfonamides is 1. The summed E-state index contributed by atoms with van der Waals surface area (Å²) in [5.41, 5.74) is 0.757. The first-order valence-electron chi connectivity index (χ1n) is 12.7. The predicted octanol–water partition coefficient (Wildman–Crippen LogP) is 2.17. The standard InChI is InChI=1S/C25H39N3O7S/c1-4-6-15-36(31,32)26-23(24(29)33-3)16-19-7-9-21(10-8-19)34-18-22-17-28(25(30)35-22)20-11-13-27(5-2)14-12-20/h7-10,20,22-23,26H,4-6,11-18H2,1-3H3. The van der Waals surface area contributed by atoms with Crippen molar-refractivity contribution in [1.82, 2.24) is 14.5 Å². The minimum atomic E-state index is -3.59. The Morgan fingerprint density at radius 3 is 2.50 bits per heavy atom. The molecule has 2 heterocycles. The SMILES string of the molecule is CCCCS(=O)(=O)NC(Cc1ccc(OCC2CN(C3CCN(CC)CC3)C(=O)O2)cc1)C(=O)OC. The number of carbonyl (C=O) groups is 2. The highest BCUT2D eigenvalue weighted by atomic mass is 32.2. The molecule has 0 radical (unpaired) electrons. The third kappa shape index (κ3) is 8.07. The highest BCUT2D eigenvalue weighted by molar-refractivity contribution is 7.89. The fraction of sp³-hybridized carbons (Fsp3) is 0.680. The Morgan fingerprint density at radius 1 is 1.19 bits per heavy atom. The Kier molecular flexibility index (Phi) is 10.4. The van der Waals surface area contributed by atoms with Crippen LogP contribution in [0.15, 0.2) is 24.3 Å². The highest BCUT2D eigenvalue weighted by Crippen LogP contribution is 2.23. The zero-order valence-corrected chi connectivity index (χ0v) is 22.3. The number of esters is 1. The number of ether oxygens (including phenoxy) is 3. The molecular weight excluding hydrogens is 486 g/mol. The van der Waals surface area contributed by atoms with Gasteiger partial charge >= 0.3 is 12.1 Å². The van der Waals surface area contributed by atoms with Crippen molar-refractivity contribution in [2.24, 2.45) is 0 Å². The molecule has 1 aromatic carbocycles. The smallest absolute Gasteiger partial charge is 0.410 e. The number of nitrogens with zero attached hydrogens (tertiary/aromatic N) is 2. The molecule has 11 heteroatoms. The molecule has 0 aromatic heterocycles. The summed E-state index contributed by atoms with van der Waals surface area (Å²) in [7, 11) is -2.36. The van der Waals surface area contributed by atoms with Crippen molar-refractivity contribution in [3.63, 3.8) is 0 Å². The number of rotatable bonds is 13. The number of unbranched alkanes of at least 4 members (excludes halogenated alkanes) is 1. The number of nitrogens with one attached hydrogen (secondary N) is 1. The fourth-order valence-electron chi connectivity index (χ4n) is 4.55. The van der Waals surface area contributed by atoms with E-state index in [4.69, 9.17) is 14.2 Å². The molecule has 0 aliphatic carbocycles. The van der Waals surface area contributed by atoms with Gasteiger partial charge in [0, 0.05) is 19.1 Å². The lowest BCUT2D eigenvalue weighted by molar-refractivity contribution is -0.142. The van der Waals surface area contributed by atoms with Gasteiger partial charge in [-0.3, -0.25) is 4.79 Å². The fourth-order valence-corrected chi connectivity index (χ4v) is 5.95. The number of methoxy groups -OCH3 is 1. The molecule has 0 saturated carbocycles. The summed E-state index contributed by atoms with van der Waals surface area (Å²) in [6.07, 6.45) is 2.72. The van der Waals surface area contributed by atoms with Gasteiger partial charge in [0.1, 0.15) is 18.4 Å². The van der Waals surface area contributed by atoms with Crippen molar-refractivity contribution in [3.8, 4) is 5.75 Å². The van der Waals surface area contributed by atoms with Crippen molar-refractivity contribution in [2.45, 2.75) is 64.1 Å². The summed E-state index contributed by atoms with van der Waals surface area (Å²) in [5.74, 6) is -0.0729. The van der Waals surface area contributed by atoms with Gasteiger partial charge in [-0.05, 0) is 49.9 Å². The molecule has 0 bridgehead atoms. The van der Waals surface area contributed by atoms with Crippen LogP contribution >= 0.6 is 0 Å². The van der Waals surface area contributed by atoms with Crippen LogP contribution in [0.5, 0.6) is 5.75 Å². The molecule has 2 aliphatic heterocycles. The number of piperidine rings is 1. The Balaban J connectivity index is 1.50. The topological polar surface area (TPSA) is 114 Å². The van der Waals surface area contributed by atoms with Crippen LogP contribution in [0.1, 0.15) is 45.1 Å². The van der Waals surface area contributed by atoms with Gasteiger partial charge in [0.2, 0.25) is 10.0 Å². The monoisotopic (exact) mass is 525 g/mol. The minimum Gasteiger partial charge on any atom is -0.490 e. The van der Waals surface area contributed by atoms with Gasteiger partial charge in [-0.15, -0.1) is 0 Å². The number of hydrogen-bond donors (Lipinski definition) is 1. The van der Waals surface area contributed by atoms with E-state index in [1.807, 2.05) is 11.8 Å². The zero-order chi connectivity index (χ0) is 26.1. The van der Waals surface area contributed by atoms with E-state index in [9.17, 15) is 18.0 Å². The third-order valence-corrected chi connectivity index (χ3v) is 8.19. The van der Waals surface area contributed by atoms with Crippen molar-refractivity contribution >= 4 is 22.1 Å². The van der Waals surface area contributed by atoms with Gasteiger partial charge in [0.15, 0.2) is 6.10 Å². The Labute approximate surface area is 214 Å². The Morgan fingerprint density at radius 2 is 1.89 bits per heavy atom. The van der Waals surface area contributed by atoms with Gasteiger partial charge in [0.05, 0.1) is 19.4 Å². The van der Waals surface area contributed by atoms with Gasteiger partial charge in [0.25, 0.3) is 0 Å². The van der Waals surface area contributed by atoms with Gasteiger partial charge in [-0.25, -0.2) is 17.9 Å². The van der Waals surface area contributed by atoms with Gasteiger partial charge in [-0.2, -0.15) is 0 Å². The van der Waals surface area contributed by atoms with E-state index in [1.54, 1.807) is 24.3 Å². The number of carbonyl (C=O) groups excluding carboxylic acids is 2. The minimum absolute atomic E-state index is 0.0368. The van der Waals surface area contributed by atoms with Crippen LogP contribution in [-0.4, -0.2) is 94.1 Å². The van der Waals surface area contributed by atoms with Crippen molar-refractivity contribution < 1.29 is 32.2 Å². The average molecular weight is 526 g/mol. The van der Waals surface area contributed by atoms with Gasteiger partial charge in [-0.1, -0.05) is 32.4 Å². The zero-order valence-electron chi connectivity index (χ0n) is 21.5. The van der Waals surface area contributed by atoms with Crippen molar-refractivity contribution in [2.75, 3.05) is 45.6 Å². The summed E-state index contributed by atoms with van der Waals surface area (Å²) in [6, 6.07) is 6.28. The second kappa shape index (κ2) is 13.3. The lowest BCUT2D eigenvalue weighted by Gasteiger charge is -2.35. The Bertz CT molecular complexity index is 962. The largest absolute Gasteiger partial charge is 0.490 e. The lowest BCUT2D eigenvalue weighted by atomic mass is 10.0. The van der Waals surface area contributed by atoms with E-state index in [-0.39, 0.29) is 37.0 Å². The molecule has 0 spiro atoms. The van der Waals surface area contributed by atoms with Crippen LogP contribution in [0.4, 0.5) is 4.79 Å². The molecule has 3 rings (SSSR count). The maximum absolute atomic E-state index is 12.4. The molecule has 202 valence electrons. The predicted molar refractivity (Wildman–Crippen MR) is 135 cm³/mol. The number of cyclic esters (lactones) is 1. The van der Waals surface area contributed by atoms with E-state index in [0.29, 0.717) is 18.7 Å². The van der Waals surface area contributed by atoms with E-state index in [0.717, 1.165) is 44.5 Å². The van der Waals surface area contributed by atoms with Crippen molar-refractivity contribution in [3.05, 3.63) is 29.8 Å². The molecule has 2 aliphatic rings. The number of amides is 1. The summed E-state index contributed by atoms with van der Waals surface area (Å²) < 4.78 is 43.2. The van der Waals surface area contributed by atoms with Crippen molar-refractivity contribution in [1.29, 1.82) is 0 Å². The van der Waals surface area contributed by atoms with Crippen LogP contribution in [0.25, 0.3) is 0 Å². The summed E-state index contributed by atoms with van der Waals surface area (Å²) >= 11 is 0. The Hall–Kier alpha value is -2.37. The normalized spacial score (nSPS) is 20.2. The summed E-state index contributed by atoms with van der Waals surface area (Å²) in [6.45, 7) is 7.84. The molecule has 1 aromatic rings. The molecular formula is C25H39N3O7S. The summed E-state index contributed by atoms with van der Waals surface area (Å²) in [4.78, 5) is 28.8. The molecule has 2 saturated heterocycles. The molecule has 10 nitrogen and oxygen atoms in total. The molecule has 36 heavy (non-hydrogen) atoms. The molecule has 1 amide bonds. The first kappa shape index (κ1) is 28.2. The molecule has 2 fully saturated rings. The first-order chi connectivity index (χ1) is 17.2. The number of likely N-dealkylation sites (tertiary alicyclic amines) is 1. The average Bonchev–Trinajstić information content (AvgIpc) is 3.26. The van der Waals surface area contributed by atoms with E-state index in [2.05, 4.69) is 16.5 Å². The molecule has 2 atom stereocenters. The van der Waals surface area contributed by atoms with Crippen LogP contribution in [-0.2, 0) is 30.7 Å². The lowest BCUT2D eigenvalue weighted by Crippen LogP contribution is -2.45. The van der Waals surface area contributed by atoms with Crippen LogP contribution in [0.3, 0.4) is 0 Å². The van der Waals surface area contributed by atoms with E-state index in [1.165, 1.54) is 7.11 Å². The quantitative estimate of drug-likeness (QED) is 0.390. The van der Waals surface area contributed by atoms with Gasteiger partial charge < -0.3 is 24.0 Å². The second-order valence-corrected chi connectivity index (χ2v) is 11.2. The number of benzene rings is 1. The van der Waals surface area contributed by atoms with Crippen LogP contribution in [0.2, 0.25) is 0 Å². The third-order valence-electron chi connectivity index (χ3n) is 6.72. The maximum Gasteiger partial charge on any atom is 0.410 e. The molecule has 1 N–H and O–H groups in total. The van der Waals surface area contributed by atoms with E-state index >= 15 is 0 Å². The number of hydrogen-bond acceptors (Lipinski definition) is 8. The van der Waals surface area contributed by atoms with Crippen LogP contribution < -0.4 is 9.46 Å². The molecule has 2 unspecified atom stereocenters. The highest BCUT2D eigenvalue weighted by Gasteiger charge is 2.37. The summed E-state index contributed by atoms with van der Waals surface area (Å²) in [5, 5.41) is 0. The second-order valence-electron chi connectivity index (χ2n) is 9.35. The maximum atomic E-state index is 12.4.